The first-order valence-electron chi connectivity index (χ1n) is 9.05. The summed E-state index contributed by atoms with van der Waals surface area (Å²) in [7, 11) is 0. The number of rotatable bonds is 5. The van der Waals surface area contributed by atoms with Gasteiger partial charge in [0.2, 0.25) is 0 Å². The number of hydrogen-bond acceptors (Lipinski definition) is 4. The highest BCUT2D eigenvalue weighted by Gasteiger charge is 2.27. The Morgan fingerprint density at radius 3 is 2.11 bits per heavy atom. The van der Waals surface area contributed by atoms with Crippen molar-refractivity contribution in [3.63, 3.8) is 0 Å². The van der Waals surface area contributed by atoms with Crippen LogP contribution in [0.15, 0.2) is 48.5 Å². The van der Waals surface area contributed by atoms with Gasteiger partial charge in [-0.05, 0) is 30.7 Å². The number of carbonyl (C=O) groups is 3. The Bertz CT molecular complexity index is 888. The zero-order chi connectivity index (χ0) is 20.1. The third kappa shape index (κ3) is 4.31. The molecule has 146 valence electrons. The topological polar surface area (TPSA) is 87.2 Å². The fraction of sp³-hybridized carbons (Fsp3) is 0.286. The highest BCUT2D eigenvalue weighted by molar-refractivity contribution is 6.04. The van der Waals surface area contributed by atoms with E-state index in [1.54, 1.807) is 21.9 Å². The molecule has 0 aliphatic carbocycles. The molecule has 7 heteroatoms. The summed E-state index contributed by atoms with van der Waals surface area (Å²) in [5, 5.41) is 9.26. The summed E-state index contributed by atoms with van der Waals surface area (Å²) in [6.45, 7) is 3.33. The van der Waals surface area contributed by atoms with Crippen LogP contribution in [0.25, 0.3) is 0 Å². The Kier molecular flexibility index (Phi) is 5.93. The van der Waals surface area contributed by atoms with Gasteiger partial charge in [-0.2, -0.15) is 0 Å². The molecule has 0 spiro atoms. The number of benzene rings is 2. The van der Waals surface area contributed by atoms with E-state index in [4.69, 9.17) is 4.74 Å². The number of nitrogens with zero attached hydrogens (tertiary/aromatic N) is 2. The van der Waals surface area contributed by atoms with Gasteiger partial charge in [-0.1, -0.05) is 30.3 Å². The molecule has 2 aromatic carbocycles. The van der Waals surface area contributed by atoms with Crippen molar-refractivity contribution in [2.24, 2.45) is 0 Å². The van der Waals surface area contributed by atoms with Crippen molar-refractivity contribution in [1.82, 2.24) is 9.80 Å². The summed E-state index contributed by atoms with van der Waals surface area (Å²) in [6.07, 6.45) is 0. The lowest BCUT2D eigenvalue weighted by molar-refractivity contribution is -0.134. The number of carboxylic acid groups (broad SMARTS) is 1. The van der Waals surface area contributed by atoms with E-state index in [9.17, 15) is 19.5 Å². The van der Waals surface area contributed by atoms with Crippen LogP contribution in [0, 0.1) is 6.92 Å². The normalized spacial score (nSPS) is 13.9. The number of ether oxygens (including phenoxy) is 1. The van der Waals surface area contributed by atoms with Crippen molar-refractivity contribution < 1.29 is 24.2 Å². The molecule has 2 amide bonds. The van der Waals surface area contributed by atoms with E-state index in [1.165, 1.54) is 12.1 Å². The summed E-state index contributed by atoms with van der Waals surface area (Å²) < 4.78 is 5.60. The highest BCUT2D eigenvalue weighted by Crippen LogP contribution is 2.17. The van der Waals surface area contributed by atoms with E-state index < -0.39 is 5.97 Å². The molecule has 0 bridgehead atoms. The number of amides is 2. The largest absolute Gasteiger partial charge is 0.484 e. The smallest absolute Gasteiger partial charge is 0.336 e. The molecule has 0 radical (unpaired) electrons. The Morgan fingerprint density at radius 2 is 1.46 bits per heavy atom. The van der Waals surface area contributed by atoms with Crippen LogP contribution in [0.2, 0.25) is 0 Å². The molecule has 1 heterocycles. The molecule has 3 rings (SSSR count). The molecular weight excluding hydrogens is 360 g/mol. The van der Waals surface area contributed by atoms with Crippen LogP contribution in [-0.4, -0.2) is 65.5 Å². The molecule has 0 atom stereocenters. The first kappa shape index (κ1) is 19.4. The van der Waals surface area contributed by atoms with Crippen molar-refractivity contribution in [3.05, 3.63) is 65.2 Å². The van der Waals surface area contributed by atoms with Gasteiger partial charge in [0.1, 0.15) is 5.75 Å². The lowest BCUT2D eigenvalue weighted by atomic mass is 10.1. The average molecular weight is 382 g/mol. The maximum absolute atomic E-state index is 12.7. The Morgan fingerprint density at radius 1 is 0.893 bits per heavy atom. The van der Waals surface area contributed by atoms with Gasteiger partial charge in [-0.15, -0.1) is 0 Å². The van der Waals surface area contributed by atoms with Gasteiger partial charge < -0.3 is 19.6 Å². The standard InChI is InChI=1S/C21H22N2O5/c1-15-6-2-5-9-18(15)28-14-19(24)22-10-12-23(13-11-22)20(25)16-7-3-4-8-17(16)21(26)27/h2-9H,10-14H2,1H3,(H,26,27). The van der Waals surface area contributed by atoms with Crippen LogP contribution < -0.4 is 4.74 Å². The number of aryl methyl sites for hydroxylation is 1. The zero-order valence-electron chi connectivity index (χ0n) is 15.6. The molecule has 0 aromatic heterocycles. The molecule has 2 aromatic rings. The SMILES string of the molecule is Cc1ccccc1OCC(=O)N1CCN(C(=O)c2ccccc2C(=O)O)CC1. The molecule has 0 unspecified atom stereocenters. The first-order chi connectivity index (χ1) is 13.5. The maximum atomic E-state index is 12.7. The van der Waals surface area contributed by atoms with Crippen molar-refractivity contribution in [3.8, 4) is 5.75 Å². The second-order valence-electron chi connectivity index (χ2n) is 6.58. The Labute approximate surface area is 163 Å². The van der Waals surface area contributed by atoms with E-state index >= 15 is 0 Å². The third-order valence-corrected chi connectivity index (χ3v) is 4.75. The van der Waals surface area contributed by atoms with Crippen LogP contribution >= 0.6 is 0 Å². The molecule has 28 heavy (non-hydrogen) atoms. The summed E-state index contributed by atoms with van der Waals surface area (Å²) in [4.78, 5) is 39.6. The number of hydrogen-bond donors (Lipinski definition) is 1. The number of piperazine rings is 1. The molecular formula is C21H22N2O5. The maximum Gasteiger partial charge on any atom is 0.336 e. The van der Waals surface area contributed by atoms with E-state index in [0.717, 1.165) is 5.56 Å². The van der Waals surface area contributed by atoms with E-state index in [2.05, 4.69) is 0 Å². The fourth-order valence-electron chi connectivity index (χ4n) is 3.13. The first-order valence-corrected chi connectivity index (χ1v) is 9.05. The van der Waals surface area contributed by atoms with Crippen LogP contribution in [0.1, 0.15) is 26.3 Å². The number of para-hydroxylation sites is 1. The second kappa shape index (κ2) is 8.56. The van der Waals surface area contributed by atoms with Crippen LogP contribution in [0.3, 0.4) is 0 Å². The quantitative estimate of drug-likeness (QED) is 0.855. The summed E-state index contributed by atoms with van der Waals surface area (Å²) in [5.74, 6) is -0.927. The number of aromatic carboxylic acids is 1. The summed E-state index contributed by atoms with van der Waals surface area (Å²) >= 11 is 0. The minimum absolute atomic E-state index is 0.0161. The summed E-state index contributed by atoms with van der Waals surface area (Å²) in [5.41, 5.74) is 1.11. The van der Waals surface area contributed by atoms with E-state index in [0.29, 0.717) is 31.9 Å². The highest BCUT2D eigenvalue weighted by atomic mass is 16.5. The fourth-order valence-corrected chi connectivity index (χ4v) is 3.13. The van der Waals surface area contributed by atoms with Gasteiger partial charge in [-0.3, -0.25) is 9.59 Å². The lowest BCUT2D eigenvalue weighted by Crippen LogP contribution is -2.51. The molecule has 1 aliphatic heterocycles. The van der Waals surface area contributed by atoms with Gasteiger partial charge in [0.15, 0.2) is 6.61 Å². The zero-order valence-corrected chi connectivity index (χ0v) is 15.6. The summed E-state index contributed by atoms with van der Waals surface area (Å²) in [6, 6.07) is 13.7. The Balaban J connectivity index is 1.55. The van der Waals surface area contributed by atoms with Gasteiger partial charge in [-0.25, -0.2) is 4.79 Å². The third-order valence-electron chi connectivity index (χ3n) is 4.75. The molecule has 1 saturated heterocycles. The monoisotopic (exact) mass is 382 g/mol. The van der Waals surface area contributed by atoms with Gasteiger partial charge in [0.25, 0.3) is 11.8 Å². The predicted molar refractivity (Wildman–Crippen MR) is 103 cm³/mol. The van der Waals surface area contributed by atoms with Crippen LogP contribution in [0.4, 0.5) is 0 Å². The minimum atomic E-state index is -1.13. The van der Waals surface area contributed by atoms with Crippen molar-refractivity contribution in [2.45, 2.75) is 6.92 Å². The van der Waals surface area contributed by atoms with Crippen molar-refractivity contribution in [2.75, 3.05) is 32.8 Å². The average Bonchev–Trinajstić information content (AvgIpc) is 2.72. The van der Waals surface area contributed by atoms with Gasteiger partial charge in [0.05, 0.1) is 11.1 Å². The van der Waals surface area contributed by atoms with Crippen LogP contribution in [-0.2, 0) is 4.79 Å². The molecule has 0 saturated carbocycles. The number of carboxylic acids is 1. The van der Waals surface area contributed by atoms with Gasteiger partial charge in [0, 0.05) is 26.2 Å². The predicted octanol–water partition coefficient (Wildman–Crippen LogP) is 2.06. The molecule has 1 fully saturated rings. The second-order valence-corrected chi connectivity index (χ2v) is 6.58. The minimum Gasteiger partial charge on any atom is -0.484 e. The lowest BCUT2D eigenvalue weighted by Gasteiger charge is -2.35. The van der Waals surface area contributed by atoms with E-state index in [1.807, 2.05) is 31.2 Å². The van der Waals surface area contributed by atoms with Crippen molar-refractivity contribution in [1.29, 1.82) is 0 Å². The van der Waals surface area contributed by atoms with Crippen LogP contribution in [0.5, 0.6) is 5.75 Å². The molecule has 1 N–H and O–H groups in total. The van der Waals surface area contributed by atoms with Gasteiger partial charge >= 0.3 is 5.97 Å². The molecule has 1 aliphatic rings. The van der Waals surface area contributed by atoms with E-state index in [-0.39, 0.29) is 29.5 Å². The Hall–Kier alpha value is -3.35. The van der Waals surface area contributed by atoms with Crippen molar-refractivity contribution >= 4 is 17.8 Å². The molecule has 7 nitrogen and oxygen atoms in total. The number of carbonyl (C=O) groups excluding carboxylic acids is 2.